The Bertz CT molecular complexity index is 1140. The van der Waals surface area contributed by atoms with Gasteiger partial charge in [-0.3, -0.25) is 9.59 Å². The van der Waals surface area contributed by atoms with E-state index in [0.29, 0.717) is 25.9 Å². The van der Waals surface area contributed by atoms with E-state index in [1.807, 2.05) is 0 Å². The van der Waals surface area contributed by atoms with Crippen molar-refractivity contribution in [2.24, 2.45) is 0 Å². The van der Waals surface area contributed by atoms with Crippen LogP contribution in [0.3, 0.4) is 0 Å². The van der Waals surface area contributed by atoms with E-state index in [0.717, 1.165) is 44.9 Å². The van der Waals surface area contributed by atoms with Crippen LogP contribution in [-0.4, -0.2) is 47.4 Å². The number of rotatable bonds is 62. The lowest BCUT2D eigenvalue weighted by Gasteiger charge is -2.22. The number of aliphatic hydroxyl groups excluding tert-OH is 2. The Hall–Kier alpha value is -1.66. The maximum Gasteiger partial charge on any atom is 0.305 e. The van der Waals surface area contributed by atoms with Gasteiger partial charge in [0.05, 0.1) is 25.4 Å². The van der Waals surface area contributed by atoms with Gasteiger partial charge in [-0.15, -0.1) is 0 Å². The van der Waals surface area contributed by atoms with Crippen molar-refractivity contribution >= 4 is 11.9 Å². The summed E-state index contributed by atoms with van der Waals surface area (Å²) in [6, 6.07) is -0.540. The number of hydrogen-bond donors (Lipinski definition) is 3. The van der Waals surface area contributed by atoms with Crippen LogP contribution < -0.4 is 5.32 Å². The molecule has 0 aliphatic carbocycles. The maximum absolute atomic E-state index is 12.4. The predicted molar refractivity (Wildman–Crippen MR) is 320 cm³/mol. The highest BCUT2D eigenvalue weighted by molar-refractivity contribution is 5.76. The molecule has 3 N–H and O–H groups in total. The van der Waals surface area contributed by atoms with Crippen LogP contribution >= 0.6 is 0 Å². The van der Waals surface area contributed by atoms with Crippen molar-refractivity contribution in [3.63, 3.8) is 0 Å². The van der Waals surface area contributed by atoms with Gasteiger partial charge in [0.15, 0.2) is 0 Å². The number of carbonyl (C=O) groups excluding carboxylic acids is 2. The maximum atomic E-state index is 12.4. The fourth-order valence-electron chi connectivity index (χ4n) is 10.4. The lowest BCUT2D eigenvalue weighted by Crippen LogP contribution is -2.45. The van der Waals surface area contributed by atoms with Gasteiger partial charge in [0.2, 0.25) is 5.91 Å². The Kier molecular flexibility index (Phi) is 61.4. The molecule has 432 valence electrons. The first kappa shape index (κ1) is 71.3. The summed E-state index contributed by atoms with van der Waals surface area (Å²) in [7, 11) is 0. The van der Waals surface area contributed by atoms with Gasteiger partial charge in [0, 0.05) is 12.8 Å². The standard InChI is InChI=1S/C67H129NO5/c1-3-5-7-9-11-13-15-16-17-31-35-38-41-45-49-53-57-61-67(72)73-62-58-54-50-46-42-39-36-33-30-28-26-24-22-20-18-19-21-23-25-27-29-32-34-37-40-44-48-52-56-60-66(71)68-64(63-69)65(70)59-55-51-47-43-14-12-10-8-6-4-2/h18,20,24,26,64-65,69-70H,3-17,19,21-23,25,27-63H2,1-2H3,(H,68,71)/b20-18-,26-24-. The molecule has 0 aliphatic rings. The smallest absolute Gasteiger partial charge is 0.305 e. The summed E-state index contributed by atoms with van der Waals surface area (Å²) in [6.45, 7) is 4.96. The van der Waals surface area contributed by atoms with E-state index >= 15 is 0 Å². The molecule has 2 atom stereocenters. The number of carbonyl (C=O) groups is 2. The number of nitrogens with one attached hydrogen (secondary N) is 1. The summed E-state index contributed by atoms with van der Waals surface area (Å²) in [5.74, 6) is -0.0200. The van der Waals surface area contributed by atoms with Crippen molar-refractivity contribution < 1.29 is 24.5 Å². The van der Waals surface area contributed by atoms with Gasteiger partial charge in [-0.1, -0.05) is 321 Å². The average molecular weight is 1030 g/mol. The molecule has 0 heterocycles. The highest BCUT2D eigenvalue weighted by Crippen LogP contribution is 2.18. The van der Waals surface area contributed by atoms with Crippen molar-refractivity contribution in [3.8, 4) is 0 Å². The fourth-order valence-corrected chi connectivity index (χ4v) is 10.4. The van der Waals surface area contributed by atoms with Crippen molar-refractivity contribution in [1.29, 1.82) is 0 Å². The molecule has 0 aromatic heterocycles. The summed E-state index contributed by atoms with van der Waals surface area (Å²) in [5, 5.41) is 23.2. The minimum atomic E-state index is -0.663. The van der Waals surface area contributed by atoms with E-state index in [-0.39, 0.29) is 18.5 Å². The van der Waals surface area contributed by atoms with Gasteiger partial charge in [-0.05, 0) is 57.8 Å². The molecule has 2 unspecified atom stereocenters. The predicted octanol–water partition coefficient (Wildman–Crippen LogP) is 21.0. The molecule has 73 heavy (non-hydrogen) atoms. The zero-order valence-electron chi connectivity index (χ0n) is 49.4. The molecular formula is C67H129NO5. The number of aliphatic hydroxyl groups is 2. The minimum absolute atomic E-state index is 0.0164. The lowest BCUT2D eigenvalue weighted by atomic mass is 10.0. The van der Waals surface area contributed by atoms with Gasteiger partial charge in [-0.25, -0.2) is 0 Å². The molecule has 0 saturated carbocycles. The quantitative estimate of drug-likeness (QED) is 0.0320. The minimum Gasteiger partial charge on any atom is -0.466 e. The highest BCUT2D eigenvalue weighted by Gasteiger charge is 2.20. The second-order valence-electron chi connectivity index (χ2n) is 22.8. The van der Waals surface area contributed by atoms with Gasteiger partial charge in [-0.2, -0.15) is 0 Å². The van der Waals surface area contributed by atoms with Crippen LogP contribution in [0.25, 0.3) is 0 Å². The average Bonchev–Trinajstić information content (AvgIpc) is 3.39. The van der Waals surface area contributed by atoms with Crippen LogP contribution in [0.1, 0.15) is 367 Å². The number of allylic oxidation sites excluding steroid dienone is 4. The van der Waals surface area contributed by atoms with E-state index in [1.54, 1.807) is 0 Å². The third-order valence-corrected chi connectivity index (χ3v) is 15.5. The third kappa shape index (κ3) is 59.4. The summed E-state index contributed by atoms with van der Waals surface area (Å²) >= 11 is 0. The molecule has 1 amide bonds. The van der Waals surface area contributed by atoms with Crippen LogP contribution in [0, 0.1) is 0 Å². The largest absolute Gasteiger partial charge is 0.466 e. The van der Waals surface area contributed by atoms with Crippen LogP contribution in [0.5, 0.6) is 0 Å². The van der Waals surface area contributed by atoms with E-state index in [9.17, 15) is 19.8 Å². The molecule has 0 spiro atoms. The van der Waals surface area contributed by atoms with Crippen LogP contribution in [-0.2, 0) is 14.3 Å². The van der Waals surface area contributed by atoms with E-state index in [2.05, 4.69) is 43.5 Å². The molecule has 0 aromatic rings. The molecule has 0 bridgehead atoms. The molecule has 0 aromatic carbocycles. The zero-order chi connectivity index (χ0) is 52.9. The van der Waals surface area contributed by atoms with Crippen molar-refractivity contribution in [1.82, 2.24) is 5.32 Å². The Balaban J connectivity index is 3.36. The van der Waals surface area contributed by atoms with Crippen molar-refractivity contribution in [3.05, 3.63) is 24.3 Å². The number of esters is 1. The first-order valence-electron chi connectivity index (χ1n) is 33.1. The topological polar surface area (TPSA) is 95.9 Å². The highest BCUT2D eigenvalue weighted by atomic mass is 16.5. The van der Waals surface area contributed by atoms with Crippen LogP contribution in [0.4, 0.5) is 0 Å². The van der Waals surface area contributed by atoms with Gasteiger partial charge in [0.1, 0.15) is 0 Å². The number of hydrogen-bond acceptors (Lipinski definition) is 5. The lowest BCUT2D eigenvalue weighted by molar-refractivity contribution is -0.143. The number of ether oxygens (including phenoxy) is 1. The van der Waals surface area contributed by atoms with Gasteiger partial charge in [0.25, 0.3) is 0 Å². The van der Waals surface area contributed by atoms with Gasteiger partial charge >= 0.3 is 5.97 Å². The SMILES string of the molecule is CCCCCCCCCCCCCCCCCCCC(=O)OCCCCCCCCCCC/C=C\C/C=C\CCCCCCCCCCCCCCCC(=O)NC(CO)C(O)CCCCCCCCCCCC. The first-order valence-corrected chi connectivity index (χ1v) is 33.1. The second-order valence-corrected chi connectivity index (χ2v) is 22.8. The van der Waals surface area contributed by atoms with Crippen LogP contribution in [0.15, 0.2) is 24.3 Å². The Morgan fingerprint density at radius 3 is 1.04 bits per heavy atom. The Morgan fingerprint density at radius 1 is 0.384 bits per heavy atom. The summed E-state index contributed by atoms with van der Waals surface area (Å²) < 4.78 is 5.50. The monoisotopic (exact) mass is 1030 g/mol. The molecular weight excluding hydrogens is 899 g/mol. The molecule has 0 saturated heterocycles. The van der Waals surface area contributed by atoms with E-state index < -0.39 is 12.1 Å². The number of unbranched alkanes of at least 4 members (excludes halogenated alkanes) is 47. The molecule has 0 fully saturated rings. The van der Waals surface area contributed by atoms with E-state index in [1.165, 1.54) is 289 Å². The van der Waals surface area contributed by atoms with E-state index in [4.69, 9.17) is 4.74 Å². The van der Waals surface area contributed by atoms with Crippen LogP contribution in [0.2, 0.25) is 0 Å². The molecule has 0 aliphatic heterocycles. The molecule has 6 heteroatoms. The second kappa shape index (κ2) is 62.9. The van der Waals surface area contributed by atoms with Crippen molar-refractivity contribution in [2.45, 2.75) is 379 Å². The Morgan fingerprint density at radius 2 is 0.685 bits per heavy atom. The normalized spacial score (nSPS) is 12.7. The third-order valence-electron chi connectivity index (χ3n) is 15.5. The molecule has 0 radical (unpaired) electrons. The summed E-state index contributed by atoms with van der Waals surface area (Å²) in [6.07, 6.45) is 77.9. The summed E-state index contributed by atoms with van der Waals surface area (Å²) in [5.41, 5.74) is 0. The zero-order valence-corrected chi connectivity index (χ0v) is 49.4. The summed E-state index contributed by atoms with van der Waals surface area (Å²) in [4.78, 5) is 24.5. The molecule has 0 rings (SSSR count). The van der Waals surface area contributed by atoms with Gasteiger partial charge < -0.3 is 20.3 Å². The fraction of sp³-hybridized carbons (Fsp3) is 0.910. The molecule has 6 nitrogen and oxygen atoms in total. The van der Waals surface area contributed by atoms with Crippen molar-refractivity contribution in [2.75, 3.05) is 13.2 Å². The Labute approximate surface area is 456 Å². The first-order chi connectivity index (χ1) is 36.0. The number of amides is 1.